The average molecular weight is 243 g/mol. The fourth-order valence-corrected chi connectivity index (χ4v) is 2.87. The molecule has 4 heteroatoms. The van der Waals surface area contributed by atoms with E-state index in [0.29, 0.717) is 5.92 Å². The Kier molecular flexibility index (Phi) is 2.78. The highest BCUT2D eigenvalue weighted by molar-refractivity contribution is 5.76. The molecule has 18 heavy (non-hydrogen) atoms. The molecule has 0 aromatic carbocycles. The van der Waals surface area contributed by atoms with Gasteiger partial charge in [0.05, 0.1) is 12.1 Å². The number of carbonyl (C=O) groups excluding carboxylic acids is 1. The first kappa shape index (κ1) is 11.3. The fourth-order valence-electron chi connectivity index (χ4n) is 2.87. The highest BCUT2D eigenvalue weighted by atomic mass is 16.1. The van der Waals surface area contributed by atoms with Crippen molar-refractivity contribution in [3.63, 3.8) is 0 Å². The summed E-state index contributed by atoms with van der Waals surface area (Å²) in [7, 11) is 0. The molecule has 2 heterocycles. The van der Waals surface area contributed by atoms with E-state index in [9.17, 15) is 4.79 Å². The van der Waals surface area contributed by atoms with Crippen LogP contribution < -0.4 is 5.73 Å². The summed E-state index contributed by atoms with van der Waals surface area (Å²) in [4.78, 5) is 15.3. The van der Waals surface area contributed by atoms with Crippen molar-refractivity contribution in [2.75, 3.05) is 0 Å². The Bertz CT molecular complexity index is 582. The molecule has 1 aliphatic carbocycles. The summed E-state index contributed by atoms with van der Waals surface area (Å²) in [6, 6.07) is 4.29. The second-order valence-corrected chi connectivity index (χ2v) is 5.06. The zero-order valence-electron chi connectivity index (χ0n) is 10.3. The quantitative estimate of drug-likeness (QED) is 0.896. The van der Waals surface area contributed by atoms with E-state index < -0.39 is 0 Å². The lowest BCUT2D eigenvalue weighted by atomic mass is 9.99. The Balaban J connectivity index is 1.95. The molecule has 0 unspecified atom stereocenters. The normalized spacial score (nSPS) is 16.4. The molecule has 0 spiro atoms. The van der Waals surface area contributed by atoms with E-state index >= 15 is 0 Å². The van der Waals surface area contributed by atoms with Crippen LogP contribution in [0.4, 0.5) is 0 Å². The Hall–Kier alpha value is -1.84. The minimum Gasteiger partial charge on any atom is -0.369 e. The predicted molar refractivity (Wildman–Crippen MR) is 69.3 cm³/mol. The molecule has 1 aliphatic rings. The number of imidazole rings is 1. The maximum absolute atomic E-state index is 11.0. The summed E-state index contributed by atoms with van der Waals surface area (Å²) < 4.78 is 1.95. The zero-order valence-corrected chi connectivity index (χ0v) is 10.3. The number of nitrogens with zero attached hydrogens (tertiary/aromatic N) is 2. The third kappa shape index (κ3) is 1.98. The van der Waals surface area contributed by atoms with E-state index in [4.69, 9.17) is 5.73 Å². The molecule has 4 nitrogen and oxygen atoms in total. The van der Waals surface area contributed by atoms with E-state index in [-0.39, 0.29) is 12.3 Å². The van der Waals surface area contributed by atoms with Crippen LogP contribution in [0.5, 0.6) is 0 Å². The Morgan fingerprint density at radius 1 is 1.44 bits per heavy atom. The van der Waals surface area contributed by atoms with Crippen molar-refractivity contribution in [3.8, 4) is 0 Å². The van der Waals surface area contributed by atoms with Gasteiger partial charge in [0.2, 0.25) is 5.91 Å². The van der Waals surface area contributed by atoms with Gasteiger partial charge in [-0.3, -0.25) is 4.79 Å². The molecule has 0 aliphatic heterocycles. The number of amides is 1. The van der Waals surface area contributed by atoms with E-state index in [1.165, 1.54) is 31.2 Å². The first-order valence-electron chi connectivity index (χ1n) is 6.48. The van der Waals surface area contributed by atoms with Crippen molar-refractivity contribution in [2.24, 2.45) is 5.73 Å². The lowest BCUT2D eigenvalue weighted by molar-refractivity contribution is -0.117. The minimum absolute atomic E-state index is 0.240. The Morgan fingerprint density at radius 2 is 2.22 bits per heavy atom. The lowest BCUT2D eigenvalue weighted by Gasteiger charge is -2.09. The molecular formula is C14H17N3O. The molecule has 3 rings (SSSR count). The maximum Gasteiger partial charge on any atom is 0.223 e. The number of fused-ring (bicyclic) bond motifs is 1. The second kappa shape index (κ2) is 4.44. The van der Waals surface area contributed by atoms with E-state index in [2.05, 4.69) is 17.1 Å². The van der Waals surface area contributed by atoms with Crippen LogP contribution in [0.2, 0.25) is 0 Å². The molecule has 1 amide bonds. The van der Waals surface area contributed by atoms with Gasteiger partial charge in [0.15, 0.2) is 0 Å². The number of aromatic nitrogens is 2. The Labute approximate surface area is 106 Å². The summed E-state index contributed by atoms with van der Waals surface area (Å²) in [6.07, 6.45) is 9.21. The summed E-state index contributed by atoms with van der Waals surface area (Å²) in [5, 5.41) is 0. The fraction of sp³-hybridized carbons (Fsp3) is 0.429. The van der Waals surface area contributed by atoms with Crippen molar-refractivity contribution in [2.45, 2.75) is 38.0 Å². The molecule has 2 aromatic heterocycles. The largest absolute Gasteiger partial charge is 0.369 e. The molecule has 94 valence electrons. The SMILES string of the molecule is NC(=O)Cc1cnc2cc(C3CCCC3)ccn12. The number of primary amides is 1. The number of nitrogens with two attached hydrogens (primary N) is 1. The van der Waals surface area contributed by atoms with Crippen LogP contribution in [0, 0.1) is 0 Å². The zero-order chi connectivity index (χ0) is 12.5. The van der Waals surface area contributed by atoms with Crippen LogP contribution in [0.3, 0.4) is 0 Å². The topological polar surface area (TPSA) is 60.4 Å². The third-order valence-corrected chi connectivity index (χ3v) is 3.80. The standard InChI is InChI=1S/C14H17N3O/c15-13(18)8-12-9-16-14-7-11(5-6-17(12)14)10-3-1-2-4-10/h5-7,9-10H,1-4,8H2,(H2,15,18). The van der Waals surface area contributed by atoms with E-state index in [1.807, 2.05) is 10.6 Å². The van der Waals surface area contributed by atoms with Gasteiger partial charge in [-0.05, 0) is 36.5 Å². The van der Waals surface area contributed by atoms with Crippen LogP contribution >= 0.6 is 0 Å². The van der Waals surface area contributed by atoms with Crippen LogP contribution in [0.25, 0.3) is 5.65 Å². The maximum atomic E-state index is 11.0. The number of carbonyl (C=O) groups is 1. The third-order valence-electron chi connectivity index (χ3n) is 3.80. The van der Waals surface area contributed by atoms with Crippen LogP contribution in [0.15, 0.2) is 24.5 Å². The van der Waals surface area contributed by atoms with Crippen molar-refractivity contribution in [3.05, 3.63) is 35.8 Å². The molecule has 2 N–H and O–H groups in total. The molecular weight excluding hydrogens is 226 g/mol. The van der Waals surface area contributed by atoms with Gasteiger partial charge in [-0.25, -0.2) is 4.98 Å². The number of hydrogen-bond donors (Lipinski definition) is 1. The number of hydrogen-bond acceptors (Lipinski definition) is 2. The first-order valence-corrected chi connectivity index (χ1v) is 6.48. The molecule has 0 saturated heterocycles. The molecule has 1 fully saturated rings. The molecule has 2 aromatic rings. The van der Waals surface area contributed by atoms with Crippen LogP contribution in [-0.4, -0.2) is 15.3 Å². The number of pyridine rings is 1. The lowest BCUT2D eigenvalue weighted by Crippen LogP contribution is -2.14. The van der Waals surface area contributed by atoms with Gasteiger partial charge in [-0.15, -0.1) is 0 Å². The summed E-state index contributed by atoms with van der Waals surface area (Å²) in [5.74, 6) is 0.364. The predicted octanol–water partition coefficient (Wildman–Crippen LogP) is 2.02. The van der Waals surface area contributed by atoms with Crippen molar-refractivity contribution < 1.29 is 4.79 Å². The number of rotatable bonds is 3. The molecule has 0 bridgehead atoms. The van der Waals surface area contributed by atoms with Crippen LogP contribution in [-0.2, 0) is 11.2 Å². The van der Waals surface area contributed by atoms with Gasteiger partial charge in [0, 0.05) is 12.4 Å². The monoisotopic (exact) mass is 243 g/mol. The molecule has 1 saturated carbocycles. The first-order chi connectivity index (χ1) is 8.74. The minimum atomic E-state index is -0.323. The van der Waals surface area contributed by atoms with Gasteiger partial charge in [-0.1, -0.05) is 12.8 Å². The molecule has 0 atom stereocenters. The van der Waals surface area contributed by atoms with Crippen molar-refractivity contribution >= 4 is 11.6 Å². The smallest absolute Gasteiger partial charge is 0.223 e. The van der Waals surface area contributed by atoms with E-state index in [1.54, 1.807) is 6.20 Å². The Morgan fingerprint density at radius 3 is 2.94 bits per heavy atom. The van der Waals surface area contributed by atoms with Gasteiger partial charge < -0.3 is 10.1 Å². The van der Waals surface area contributed by atoms with Crippen molar-refractivity contribution in [1.29, 1.82) is 0 Å². The van der Waals surface area contributed by atoms with Gasteiger partial charge in [0.25, 0.3) is 0 Å². The highest BCUT2D eigenvalue weighted by Crippen LogP contribution is 2.34. The van der Waals surface area contributed by atoms with Gasteiger partial charge >= 0.3 is 0 Å². The highest BCUT2D eigenvalue weighted by Gasteiger charge is 2.17. The van der Waals surface area contributed by atoms with Crippen LogP contribution in [0.1, 0.15) is 42.9 Å². The average Bonchev–Trinajstić information content (AvgIpc) is 2.97. The van der Waals surface area contributed by atoms with Gasteiger partial charge in [0.1, 0.15) is 5.65 Å². The van der Waals surface area contributed by atoms with Gasteiger partial charge in [-0.2, -0.15) is 0 Å². The molecule has 0 radical (unpaired) electrons. The second-order valence-electron chi connectivity index (χ2n) is 5.06. The van der Waals surface area contributed by atoms with E-state index in [0.717, 1.165) is 11.3 Å². The summed E-state index contributed by atoms with van der Waals surface area (Å²) in [5.41, 5.74) is 8.37. The summed E-state index contributed by atoms with van der Waals surface area (Å²) >= 11 is 0. The van der Waals surface area contributed by atoms with Crippen molar-refractivity contribution in [1.82, 2.24) is 9.38 Å². The summed E-state index contributed by atoms with van der Waals surface area (Å²) in [6.45, 7) is 0.